The van der Waals surface area contributed by atoms with Crippen molar-refractivity contribution in [3.63, 3.8) is 0 Å². The minimum absolute atomic E-state index is 0.535. The van der Waals surface area contributed by atoms with Crippen molar-refractivity contribution < 1.29 is 9.05 Å². The van der Waals surface area contributed by atoms with Crippen molar-refractivity contribution in [1.82, 2.24) is 0 Å². The summed E-state index contributed by atoms with van der Waals surface area (Å²) in [6.07, 6.45) is -0.535. The molecule has 0 aliphatic carbocycles. The fraction of sp³-hybridized carbons (Fsp3) is 0.0455. The van der Waals surface area contributed by atoms with Gasteiger partial charge in [-0.15, -0.1) is 0 Å². The molecule has 1 atom stereocenters. The Balaban J connectivity index is 1.52. The molecule has 0 aliphatic heterocycles. The summed E-state index contributed by atoms with van der Waals surface area (Å²) < 4.78 is 15.6. The van der Waals surface area contributed by atoms with Gasteiger partial charge in [0.2, 0.25) is 0 Å². The van der Waals surface area contributed by atoms with Gasteiger partial charge >= 0.3 is 0 Å². The first kappa shape index (κ1) is 31.9. The summed E-state index contributed by atoms with van der Waals surface area (Å²) in [6, 6.07) is 74.3. The Hall–Kier alpha value is -4.68. The Morgan fingerprint density at radius 3 is 0.979 bits per heavy atom. The molecule has 7 rings (SSSR count). The van der Waals surface area contributed by atoms with Crippen LogP contribution in [0.5, 0.6) is 0 Å². The zero-order valence-corrected chi connectivity index (χ0v) is 28.3. The molecule has 0 saturated heterocycles. The smallest absolute Gasteiger partial charge is 0.154 e. The number of hydrogen-bond acceptors (Lipinski definition) is 2. The maximum Gasteiger partial charge on any atom is 0.154 e. The highest BCUT2D eigenvalue weighted by Gasteiger charge is 2.49. The lowest BCUT2D eigenvalue weighted by Gasteiger charge is -2.45. The molecule has 0 spiro atoms. The van der Waals surface area contributed by atoms with Crippen molar-refractivity contribution in [3.05, 3.63) is 229 Å². The highest BCUT2D eigenvalue weighted by atomic mass is 31.1. The second kappa shape index (κ2) is 15.5. The molecule has 7 aromatic rings. The van der Waals surface area contributed by atoms with Crippen LogP contribution in [-0.4, -0.2) is 0 Å². The fourth-order valence-corrected chi connectivity index (χ4v) is 9.92. The van der Waals surface area contributed by atoms with Crippen molar-refractivity contribution in [3.8, 4) is 0 Å². The molecule has 2 nitrogen and oxygen atoms in total. The summed E-state index contributed by atoms with van der Waals surface area (Å²) in [7, 11) is -2.58. The summed E-state index contributed by atoms with van der Waals surface area (Å²) in [5.41, 5.74) is 2.05. The van der Waals surface area contributed by atoms with Gasteiger partial charge in [0.05, 0.1) is 16.3 Å². The Morgan fingerprint density at radius 1 is 0.333 bits per heavy atom. The maximum absolute atomic E-state index is 7.92. The van der Waals surface area contributed by atoms with E-state index in [0.29, 0.717) is 0 Å². The van der Waals surface area contributed by atoms with E-state index in [4.69, 9.17) is 9.05 Å². The first-order chi connectivity index (χ1) is 23.8. The van der Waals surface area contributed by atoms with Crippen LogP contribution in [0.2, 0.25) is 0 Å². The third-order valence-electron chi connectivity index (χ3n) is 8.29. The van der Waals surface area contributed by atoms with Gasteiger partial charge in [-0.05, 0) is 16.7 Å². The third kappa shape index (κ3) is 6.95. The SMILES string of the molecule is c1ccc([C@H](OP(c2ccccc2)c2ccccc2)C(OP(c2ccccc2)c2ccccc2)(c2ccccc2)c2ccccc2)cc1. The van der Waals surface area contributed by atoms with Gasteiger partial charge in [0.1, 0.15) is 6.10 Å². The average Bonchev–Trinajstić information content (AvgIpc) is 3.19. The Morgan fingerprint density at radius 2 is 0.625 bits per heavy atom. The van der Waals surface area contributed by atoms with E-state index in [2.05, 4.69) is 212 Å². The number of rotatable bonds is 12. The topological polar surface area (TPSA) is 18.5 Å². The van der Waals surface area contributed by atoms with E-state index in [0.717, 1.165) is 37.9 Å². The Kier molecular flexibility index (Phi) is 10.3. The lowest BCUT2D eigenvalue weighted by molar-refractivity contribution is 0.00147. The molecule has 48 heavy (non-hydrogen) atoms. The first-order valence-electron chi connectivity index (χ1n) is 16.2. The van der Waals surface area contributed by atoms with Gasteiger partial charge in [-0.3, -0.25) is 0 Å². The van der Waals surface area contributed by atoms with Gasteiger partial charge < -0.3 is 9.05 Å². The molecule has 0 bridgehead atoms. The molecule has 0 aromatic heterocycles. The molecule has 0 N–H and O–H groups in total. The van der Waals surface area contributed by atoms with Crippen LogP contribution in [0.25, 0.3) is 0 Å². The third-order valence-corrected chi connectivity index (χ3v) is 12.2. The summed E-state index contributed by atoms with van der Waals surface area (Å²) >= 11 is 0. The largest absolute Gasteiger partial charge is 0.338 e. The highest BCUT2D eigenvalue weighted by Crippen LogP contribution is 2.57. The van der Waals surface area contributed by atoms with Crippen molar-refractivity contribution in [2.24, 2.45) is 0 Å². The zero-order valence-electron chi connectivity index (χ0n) is 26.5. The molecule has 0 fully saturated rings. The van der Waals surface area contributed by atoms with Gasteiger partial charge in [-0.1, -0.05) is 212 Å². The molecule has 0 radical (unpaired) electrons. The van der Waals surface area contributed by atoms with Gasteiger partial charge in [0.25, 0.3) is 0 Å². The predicted octanol–water partition coefficient (Wildman–Crippen LogP) is 9.80. The molecule has 0 saturated carbocycles. The second-order valence-corrected chi connectivity index (χ2v) is 15.0. The Labute approximate surface area is 286 Å². The molecule has 0 amide bonds. The summed E-state index contributed by atoms with van der Waals surface area (Å²) in [5.74, 6) is 0. The van der Waals surface area contributed by atoms with E-state index in [9.17, 15) is 0 Å². The van der Waals surface area contributed by atoms with E-state index in [1.54, 1.807) is 0 Å². The van der Waals surface area contributed by atoms with Gasteiger partial charge in [-0.2, -0.15) is 0 Å². The average molecular weight is 659 g/mol. The van der Waals surface area contributed by atoms with Crippen LogP contribution >= 0.6 is 16.3 Å². The number of benzene rings is 7. The number of hydrogen-bond donors (Lipinski definition) is 0. The normalized spacial score (nSPS) is 12.2. The standard InChI is InChI=1S/C44H36O2P2/c1-8-22-36(23-9-1)43(45-47(39-28-14-4-15-29-39)40-30-16-5-17-31-40)44(37-24-10-2-11-25-37,38-26-12-3-13-27-38)46-48(41-32-18-6-19-33-41)42-34-20-7-21-35-42/h1-35,43H/t43-/m0/s1. The monoisotopic (exact) mass is 658 g/mol. The van der Waals surface area contributed by atoms with Crippen molar-refractivity contribution in [2.45, 2.75) is 11.7 Å². The summed E-state index contributed by atoms with van der Waals surface area (Å²) in [4.78, 5) is 0. The van der Waals surface area contributed by atoms with Crippen LogP contribution in [0.4, 0.5) is 0 Å². The van der Waals surface area contributed by atoms with Crippen molar-refractivity contribution in [2.75, 3.05) is 0 Å². The van der Waals surface area contributed by atoms with Gasteiger partial charge in [0.15, 0.2) is 5.60 Å². The zero-order chi connectivity index (χ0) is 32.4. The molecule has 234 valence electrons. The highest BCUT2D eigenvalue weighted by molar-refractivity contribution is 7.69. The van der Waals surface area contributed by atoms with Gasteiger partial charge in [-0.25, -0.2) is 0 Å². The molecule has 0 aliphatic rings. The lowest BCUT2D eigenvalue weighted by Crippen LogP contribution is -2.40. The van der Waals surface area contributed by atoms with E-state index >= 15 is 0 Å². The summed E-state index contributed by atoms with van der Waals surface area (Å²) in [5, 5.41) is 4.55. The van der Waals surface area contributed by atoms with Gasteiger partial charge in [0, 0.05) is 21.2 Å². The van der Waals surface area contributed by atoms with E-state index < -0.39 is 28.0 Å². The van der Waals surface area contributed by atoms with Crippen LogP contribution in [0, 0.1) is 0 Å². The van der Waals surface area contributed by atoms with Crippen LogP contribution in [-0.2, 0) is 14.6 Å². The molecule has 7 aromatic carbocycles. The summed E-state index contributed by atoms with van der Waals surface area (Å²) in [6.45, 7) is 0. The molecular formula is C44H36O2P2. The van der Waals surface area contributed by atoms with Crippen molar-refractivity contribution in [1.29, 1.82) is 0 Å². The molecular weight excluding hydrogens is 622 g/mol. The van der Waals surface area contributed by atoms with E-state index in [-0.39, 0.29) is 0 Å². The quantitative estimate of drug-likeness (QED) is 0.122. The fourth-order valence-electron chi connectivity index (χ4n) is 6.02. The van der Waals surface area contributed by atoms with Crippen LogP contribution in [0.1, 0.15) is 22.8 Å². The van der Waals surface area contributed by atoms with E-state index in [1.807, 2.05) is 0 Å². The van der Waals surface area contributed by atoms with Crippen LogP contribution in [0.15, 0.2) is 212 Å². The Bertz CT molecular complexity index is 1840. The predicted molar refractivity (Wildman–Crippen MR) is 203 cm³/mol. The second-order valence-electron chi connectivity index (χ2n) is 11.4. The lowest BCUT2D eigenvalue weighted by atomic mass is 9.79. The van der Waals surface area contributed by atoms with E-state index in [1.165, 1.54) is 0 Å². The first-order valence-corrected chi connectivity index (χ1v) is 18.7. The minimum atomic E-state index is -1.32. The van der Waals surface area contributed by atoms with Crippen LogP contribution < -0.4 is 21.2 Å². The molecule has 0 heterocycles. The molecule has 0 unspecified atom stereocenters. The maximum atomic E-state index is 7.92. The van der Waals surface area contributed by atoms with Crippen LogP contribution in [0.3, 0.4) is 0 Å². The minimum Gasteiger partial charge on any atom is -0.338 e. The van der Waals surface area contributed by atoms with Crippen molar-refractivity contribution >= 4 is 37.5 Å². The molecule has 4 heteroatoms.